The van der Waals surface area contributed by atoms with Crippen molar-refractivity contribution >= 4 is 17.9 Å². The second kappa shape index (κ2) is 6.63. The molecule has 2 aliphatic carbocycles. The van der Waals surface area contributed by atoms with Crippen molar-refractivity contribution in [1.82, 2.24) is 0 Å². The first-order valence-corrected chi connectivity index (χ1v) is 10.5. The Hall–Kier alpha value is -2.23. The fraction of sp³-hybridized carbons (Fsp3) is 0.682. The predicted molar refractivity (Wildman–Crippen MR) is 102 cm³/mol. The van der Waals surface area contributed by atoms with Gasteiger partial charge in [-0.3, -0.25) is 4.79 Å². The average molecular weight is 434 g/mol. The van der Waals surface area contributed by atoms with E-state index in [2.05, 4.69) is 6.58 Å². The number of aliphatic hydroxyl groups excluding tert-OH is 1. The van der Waals surface area contributed by atoms with Gasteiger partial charge in [-0.1, -0.05) is 6.58 Å². The Morgan fingerprint density at radius 3 is 2.68 bits per heavy atom. The molecule has 0 aromatic rings. The van der Waals surface area contributed by atoms with Crippen molar-refractivity contribution in [3.05, 3.63) is 23.8 Å². The summed E-state index contributed by atoms with van der Waals surface area (Å²) in [5.74, 6) is -2.68. The van der Waals surface area contributed by atoms with Crippen molar-refractivity contribution in [3.8, 4) is 0 Å². The van der Waals surface area contributed by atoms with E-state index < -0.39 is 53.3 Å². The van der Waals surface area contributed by atoms with Crippen LogP contribution in [0, 0.1) is 17.8 Å². The maximum Gasteiger partial charge on any atom is 0.334 e. The molecule has 9 heteroatoms. The summed E-state index contributed by atoms with van der Waals surface area (Å²) in [7, 11) is 0. The summed E-state index contributed by atoms with van der Waals surface area (Å²) >= 11 is 0. The van der Waals surface area contributed by atoms with Gasteiger partial charge in [-0.15, -0.1) is 0 Å². The molecule has 3 aliphatic heterocycles. The van der Waals surface area contributed by atoms with Crippen LogP contribution in [0.1, 0.15) is 27.2 Å². The number of hydrogen-bond donors (Lipinski definition) is 1. The molecule has 5 fully saturated rings. The van der Waals surface area contributed by atoms with Crippen molar-refractivity contribution in [2.24, 2.45) is 17.8 Å². The summed E-state index contributed by atoms with van der Waals surface area (Å²) in [6.45, 7) is 9.07. The molecule has 1 spiro atoms. The summed E-state index contributed by atoms with van der Waals surface area (Å²) in [5, 5.41) is 10.9. The molecule has 0 bridgehead atoms. The standard InChI is InChI=1S/C22H26O9/c1-9(5-6-27-11(3)23)19(25)29-12-7-22(8-28-22)14-15(21(4)18(31-21)16(14)24)17-13(12)10(2)20(26)30-17/h5,12-18,24H,2,6-8H2,1,3-4H3/t12-,13-,14+,15+,16+,17+,18-,21+,22+/m1/s1. The number of aliphatic hydroxyl groups is 1. The molecule has 5 aliphatic rings. The zero-order valence-corrected chi connectivity index (χ0v) is 17.7. The Morgan fingerprint density at radius 1 is 1.32 bits per heavy atom. The average Bonchev–Trinajstić information content (AvgIpc) is 3.57. The lowest BCUT2D eigenvalue weighted by Crippen LogP contribution is -2.44. The lowest BCUT2D eigenvalue weighted by molar-refractivity contribution is -0.150. The van der Waals surface area contributed by atoms with Crippen molar-refractivity contribution in [3.63, 3.8) is 0 Å². The van der Waals surface area contributed by atoms with Crippen LogP contribution < -0.4 is 0 Å². The first-order chi connectivity index (χ1) is 14.6. The molecular formula is C22H26O9. The second-order valence-electron chi connectivity index (χ2n) is 9.38. The third kappa shape index (κ3) is 2.97. The van der Waals surface area contributed by atoms with E-state index in [1.807, 2.05) is 6.92 Å². The zero-order valence-electron chi connectivity index (χ0n) is 17.7. The lowest BCUT2D eigenvalue weighted by Gasteiger charge is -2.33. The van der Waals surface area contributed by atoms with Gasteiger partial charge >= 0.3 is 17.9 Å². The molecule has 1 N–H and O–H groups in total. The van der Waals surface area contributed by atoms with Gasteiger partial charge in [-0.05, 0) is 19.9 Å². The molecule has 3 heterocycles. The van der Waals surface area contributed by atoms with Crippen LogP contribution in [0.5, 0.6) is 0 Å². The number of epoxide rings is 2. The Labute approximate surface area is 179 Å². The highest BCUT2D eigenvalue weighted by Gasteiger charge is 2.81. The first-order valence-electron chi connectivity index (χ1n) is 10.5. The first kappa shape index (κ1) is 20.7. The van der Waals surface area contributed by atoms with Crippen LogP contribution in [0.2, 0.25) is 0 Å². The predicted octanol–water partition coefficient (Wildman–Crippen LogP) is 0.442. The van der Waals surface area contributed by atoms with E-state index in [0.29, 0.717) is 13.0 Å². The monoisotopic (exact) mass is 434 g/mol. The second-order valence-corrected chi connectivity index (χ2v) is 9.38. The molecule has 2 saturated carbocycles. The van der Waals surface area contributed by atoms with E-state index in [0.717, 1.165) is 0 Å². The van der Waals surface area contributed by atoms with Gasteiger partial charge in [0.15, 0.2) is 0 Å². The van der Waals surface area contributed by atoms with E-state index in [1.54, 1.807) is 6.92 Å². The summed E-state index contributed by atoms with van der Waals surface area (Å²) < 4.78 is 28.1. The van der Waals surface area contributed by atoms with E-state index in [9.17, 15) is 19.5 Å². The molecule has 5 rings (SSSR count). The molecule has 9 atom stereocenters. The minimum absolute atomic E-state index is 0.0399. The number of hydrogen-bond acceptors (Lipinski definition) is 9. The summed E-state index contributed by atoms with van der Waals surface area (Å²) in [6, 6.07) is 0. The van der Waals surface area contributed by atoms with Gasteiger partial charge in [0.2, 0.25) is 0 Å². The number of rotatable bonds is 4. The maximum atomic E-state index is 12.8. The van der Waals surface area contributed by atoms with Crippen molar-refractivity contribution in [1.29, 1.82) is 0 Å². The molecular weight excluding hydrogens is 408 g/mol. The third-order valence-corrected chi connectivity index (χ3v) is 7.56. The molecule has 168 valence electrons. The van der Waals surface area contributed by atoms with Crippen LogP contribution in [0.3, 0.4) is 0 Å². The normalized spacial score (nSPS) is 47.1. The van der Waals surface area contributed by atoms with Crippen molar-refractivity contribution in [2.75, 3.05) is 13.2 Å². The molecule has 31 heavy (non-hydrogen) atoms. The van der Waals surface area contributed by atoms with Gasteiger partial charge in [0.05, 0.1) is 18.6 Å². The molecule has 3 saturated heterocycles. The van der Waals surface area contributed by atoms with Gasteiger partial charge < -0.3 is 28.8 Å². The highest BCUT2D eigenvalue weighted by atomic mass is 16.6. The van der Waals surface area contributed by atoms with Gasteiger partial charge in [-0.25, -0.2) is 9.59 Å². The van der Waals surface area contributed by atoms with E-state index in [4.69, 9.17) is 23.7 Å². The fourth-order valence-electron chi connectivity index (χ4n) is 5.90. The van der Waals surface area contributed by atoms with Crippen LogP contribution >= 0.6 is 0 Å². The third-order valence-electron chi connectivity index (χ3n) is 7.56. The molecule has 9 nitrogen and oxygen atoms in total. The Morgan fingerprint density at radius 2 is 2.03 bits per heavy atom. The number of carbonyl (C=O) groups is 3. The maximum absolute atomic E-state index is 12.8. The summed E-state index contributed by atoms with van der Waals surface area (Å²) in [6.07, 6.45) is -0.603. The lowest BCUT2D eigenvalue weighted by atomic mass is 9.76. The van der Waals surface area contributed by atoms with Crippen LogP contribution in [0.25, 0.3) is 0 Å². The molecule has 0 radical (unpaired) electrons. The minimum Gasteiger partial charge on any atom is -0.462 e. The Bertz CT molecular complexity index is 903. The quantitative estimate of drug-likeness (QED) is 0.290. The van der Waals surface area contributed by atoms with Gasteiger partial charge in [0, 0.05) is 36.3 Å². The van der Waals surface area contributed by atoms with Crippen LogP contribution in [-0.2, 0) is 38.1 Å². The molecule has 0 unspecified atom stereocenters. The number of carbonyl (C=O) groups excluding carboxylic acids is 3. The van der Waals surface area contributed by atoms with E-state index in [-0.39, 0.29) is 35.7 Å². The van der Waals surface area contributed by atoms with Crippen molar-refractivity contribution < 1.29 is 43.2 Å². The van der Waals surface area contributed by atoms with Crippen LogP contribution in [-0.4, -0.2) is 71.8 Å². The number of esters is 3. The number of ether oxygens (including phenoxy) is 5. The Balaban J connectivity index is 1.44. The van der Waals surface area contributed by atoms with Gasteiger partial charge in [-0.2, -0.15) is 0 Å². The highest BCUT2D eigenvalue weighted by Crippen LogP contribution is 2.67. The summed E-state index contributed by atoms with van der Waals surface area (Å²) in [5.41, 5.74) is -0.735. The zero-order chi connectivity index (χ0) is 22.3. The van der Waals surface area contributed by atoms with Crippen LogP contribution in [0.15, 0.2) is 23.8 Å². The van der Waals surface area contributed by atoms with Gasteiger partial charge in [0.25, 0.3) is 0 Å². The fourth-order valence-corrected chi connectivity index (χ4v) is 5.90. The molecule has 0 aromatic heterocycles. The number of fused-ring (bicyclic) bond motifs is 6. The van der Waals surface area contributed by atoms with E-state index in [1.165, 1.54) is 13.0 Å². The minimum atomic E-state index is -0.745. The molecule has 0 amide bonds. The van der Waals surface area contributed by atoms with E-state index >= 15 is 0 Å². The van der Waals surface area contributed by atoms with Crippen LogP contribution in [0.4, 0.5) is 0 Å². The van der Waals surface area contributed by atoms with Crippen molar-refractivity contribution in [2.45, 2.75) is 62.8 Å². The molecule has 0 aromatic carbocycles. The van der Waals surface area contributed by atoms with Gasteiger partial charge in [0.1, 0.15) is 36.1 Å². The topological polar surface area (TPSA) is 124 Å². The smallest absolute Gasteiger partial charge is 0.334 e. The highest BCUT2D eigenvalue weighted by molar-refractivity contribution is 5.92. The largest absolute Gasteiger partial charge is 0.462 e. The summed E-state index contributed by atoms with van der Waals surface area (Å²) in [4.78, 5) is 36.1. The Kier molecular flexibility index (Phi) is 4.42. The SMILES string of the molecule is C=C1C(=O)O[C@H]2[C@H]1[C@H](OC(=O)C(C)=CCOC(C)=O)C[C@]1(CO1)[C@@H]1[C@H](O)[C@H]3O[C@@]3(C)[C@H]21.